The maximum Gasteiger partial charge on any atom is 0.129 e. The Kier molecular flexibility index (Phi) is 3.64. The highest BCUT2D eigenvalue weighted by atomic mass is 14.3. The number of hydrogen-bond donors (Lipinski definition) is 0. The first kappa shape index (κ1) is 12.9. The molecule has 2 nitrogen and oxygen atoms in total. The van der Waals surface area contributed by atoms with E-state index in [1.54, 1.807) is 0 Å². The fourth-order valence-corrected chi connectivity index (χ4v) is 2.14. The average Bonchev–Trinajstić information content (AvgIpc) is 2.47. The van der Waals surface area contributed by atoms with Crippen LogP contribution in [-0.2, 0) is 0 Å². The van der Waals surface area contributed by atoms with Crippen LogP contribution in [0.1, 0.15) is 25.3 Å². The third kappa shape index (κ3) is 2.49. The molecule has 0 fully saturated rings. The maximum atomic E-state index is 8.93. The minimum absolute atomic E-state index is 0.0684. The Labute approximate surface area is 113 Å². The monoisotopic (exact) mass is 246 g/mol. The molecule has 2 aromatic rings. The molecule has 0 aliphatic carbocycles. The van der Waals surface area contributed by atoms with Gasteiger partial charge in [-0.1, -0.05) is 49.4 Å². The summed E-state index contributed by atoms with van der Waals surface area (Å²) in [5.74, 6) is 0.0684. The molecule has 0 N–H and O–H groups in total. The van der Waals surface area contributed by atoms with Crippen molar-refractivity contribution in [3.8, 4) is 12.1 Å². The van der Waals surface area contributed by atoms with Crippen LogP contribution < -0.4 is 0 Å². The van der Waals surface area contributed by atoms with Crippen molar-refractivity contribution in [2.24, 2.45) is 0 Å². The molecule has 19 heavy (non-hydrogen) atoms. The van der Waals surface area contributed by atoms with E-state index in [9.17, 15) is 0 Å². The summed E-state index contributed by atoms with van der Waals surface area (Å²) in [6.07, 6.45) is 0. The largest absolute Gasteiger partial charge is 0.192 e. The molecule has 2 aromatic carbocycles. The molecule has 0 aromatic heterocycles. The molecule has 0 saturated carbocycles. The molecular formula is C17H14N2. The van der Waals surface area contributed by atoms with Crippen LogP contribution in [0.25, 0.3) is 10.8 Å². The van der Waals surface area contributed by atoms with Gasteiger partial charge in [0.25, 0.3) is 0 Å². The minimum atomic E-state index is 0.0684. The van der Waals surface area contributed by atoms with Gasteiger partial charge in [-0.2, -0.15) is 10.5 Å². The molecule has 0 saturated heterocycles. The number of fused-ring (bicyclic) bond motifs is 1. The van der Waals surface area contributed by atoms with E-state index in [0.717, 1.165) is 11.1 Å². The lowest BCUT2D eigenvalue weighted by Crippen LogP contribution is -1.98. The summed E-state index contributed by atoms with van der Waals surface area (Å²) in [7, 11) is 0. The Morgan fingerprint density at radius 1 is 1.00 bits per heavy atom. The van der Waals surface area contributed by atoms with Gasteiger partial charge < -0.3 is 0 Å². The standard InChI is InChI=1S/C17H14N2/c1-12(13(2)17(10-18)11-19)15-8-7-14-5-3-4-6-16(14)9-15/h3-9,12H,1-2H3. The fourth-order valence-electron chi connectivity index (χ4n) is 2.14. The number of nitrogens with zero attached hydrogens (tertiary/aromatic N) is 2. The van der Waals surface area contributed by atoms with E-state index >= 15 is 0 Å². The van der Waals surface area contributed by atoms with Gasteiger partial charge in [0, 0.05) is 5.92 Å². The summed E-state index contributed by atoms with van der Waals surface area (Å²) in [6.45, 7) is 3.87. The maximum absolute atomic E-state index is 8.93. The van der Waals surface area contributed by atoms with Gasteiger partial charge in [-0.25, -0.2) is 0 Å². The molecule has 0 aliphatic heterocycles. The Morgan fingerprint density at radius 2 is 1.63 bits per heavy atom. The predicted molar refractivity (Wildman–Crippen MR) is 76.3 cm³/mol. The van der Waals surface area contributed by atoms with Crippen LogP contribution in [0.5, 0.6) is 0 Å². The van der Waals surface area contributed by atoms with E-state index in [0.29, 0.717) is 0 Å². The predicted octanol–water partition coefficient (Wildman–Crippen LogP) is 4.31. The van der Waals surface area contributed by atoms with E-state index in [1.807, 2.05) is 38.1 Å². The van der Waals surface area contributed by atoms with E-state index in [1.165, 1.54) is 10.8 Å². The number of hydrogen-bond acceptors (Lipinski definition) is 2. The smallest absolute Gasteiger partial charge is 0.129 e. The summed E-state index contributed by atoms with van der Waals surface area (Å²) in [5.41, 5.74) is 2.15. The van der Waals surface area contributed by atoms with Crippen LogP contribution in [0.4, 0.5) is 0 Å². The first-order chi connectivity index (χ1) is 9.17. The first-order valence-corrected chi connectivity index (χ1v) is 6.17. The molecule has 1 unspecified atom stereocenters. The molecule has 0 amide bonds. The number of rotatable bonds is 2. The van der Waals surface area contributed by atoms with E-state index in [2.05, 4.69) is 30.3 Å². The van der Waals surface area contributed by atoms with Gasteiger partial charge in [0.15, 0.2) is 0 Å². The Hall–Kier alpha value is -2.58. The SMILES string of the molecule is CC(=C(C#N)C#N)C(C)c1ccc2ccccc2c1. The average molecular weight is 246 g/mol. The molecule has 2 rings (SSSR count). The topological polar surface area (TPSA) is 47.6 Å². The summed E-state index contributed by atoms with van der Waals surface area (Å²) in [6, 6.07) is 18.3. The van der Waals surface area contributed by atoms with Crippen molar-refractivity contribution in [2.75, 3.05) is 0 Å². The normalized spacial score (nSPS) is 11.4. The molecule has 0 radical (unpaired) electrons. The molecule has 0 aliphatic rings. The molecular weight excluding hydrogens is 232 g/mol. The molecule has 0 bridgehead atoms. The van der Waals surface area contributed by atoms with E-state index in [4.69, 9.17) is 10.5 Å². The highest BCUT2D eigenvalue weighted by molar-refractivity contribution is 5.83. The highest BCUT2D eigenvalue weighted by Gasteiger charge is 2.12. The van der Waals surface area contributed by atoms with Crippen molar-refractivity contribution < 1.29 is 0 Å². The zero-order valence-corrected chi connectivity index (χ0v) is 11.0. The van der Waals surface area contributed by atoms with Gasteiger partial charge in [-0.15, -0.1) is 0 Å². The van der Waals surface area contributed by atoms with Gasteiger partial charge in [-0.3, -0.25) is 0 Å². The summed E-state index contributed by atoms with van der Waals surface area (Å²) < 4.78 is 0. The number of allylic oxidation sites excluding steroid dienone is 2. The van der Waals surface area contributed by atoms with Gasteiger partial charge in [0.05, 0.1) is 0 Å². The Bertz CT molecular complexity index is 711. The number of benzene rings is 2. The lowest BCUT2D eigenvalue weighted by molar-refractivity contribution is 0.889. The van der Waals surface area contributed by atoms with Crippen molar-refractivity contribution in [3.05, 3.63) is 59.2 Å². The van der Waals surface area contributed by atoms with Crippen LogP contribution in [0.2, 0.25) is 0 Å². The molecule has 92 valence electrons. The second-order valence-electron chi connectivity index (χ2n) is 4.61. The van der Waals surface area contributed by atoms with Crippen LogP contribution >= 0.6 is 0 Å². The second kappa shape index (κ2) is 5.38. The van der Waals surface area contributed by atoms with Gasteiger partial charge in [-0.05, 0) is 28.8 Å². The van der Waals surface area contributed by atoms with Crippen molar-refractivity contribution in [2.45, 2.75) is 19.8 Å². The van der Waals surface area contributed by atoms with Crippen LogP contribution in [-0.4, -0.2) is 0 Å². The Morgan fingerprint density at radius 3 is 2.26 bits per heavy atom. The van der Waals surface area contributed by atoms with Crippen molar-refractivity contribution in [1.29, 1.82) is 10.5 Å². The van der Waals surface area contributed by atoms with Gasteiger partial charge >= 0.3 is 0 Å². The lowest BCUT2D eigenvalue weighted by atomic mass is 9.90. The second-order valence-corrected chi connectivity index (χ2v) is 4.61. The van der Waals surface area contributed by atoms with E-state index in [-0.39, 0.29) is 11.5 Å². The quantitative estimate of drug-likeness (QED) is 0.741. The summed E-state index contributed by atoms with van der Waals surface area (Å²) in [4.78, 5) is 0. The molecule has 0 heterocycles. The zero-order valence-electron chi connectivity index (χ0n) is 11.0. The first-order valence-electron chi connectivity index (χ1n) is 6.17. The molecule has 0 spiro atoms. The van der Waals surface area contributed by atoms with Crippen molar-refractivity contribution in [3.63, 3.8) is 0 Å². The summed E-state index contributed by atoms with van der Waals surface area (Å²) >= 11 is 0. The third-order valence-corrected chi connectivity index (χ3v) is 3.54. The fraction of sp³-hybridized carbons (Fsp3) is 0.176. The Balaban J connectivity index is 2.48. The molecule has 2 heteroatoms. The van der Waals surface area contributed by atoms with Crippen LogP contribution in [0.15, 0.2) is 53.6 Å². The lowest BCUT2D eigenvalue weighted by Gasteiger charge is -2.13. The van der Waals surface area contributed by atoms with Crippen molar-refractivity contribution in [1.82, 2.24) is 0 Å². The molecule has 1 atom stereocenters. The minimum Gasteiger partial charge on any atom is -0.192 e. The third-order valence-electron chi connectivity index (χ3n) is 3.54. The van der Waals surface area contributed by atoms with Crippen LogP contribution in [0.3, 0.4) is 0 Å². The van der Waals surface area contributed by atoms with Gasteiger partial charge in [0.1, 0.15) is 17.7 Å². The van der Waals surface area contributed by atoms with Crippen molar-refractivity contribution >= 4 is 10.8 Å². The van der Waals surface area contributed by atoms with E-state index < -0.39 is 0 Å². The zero-order chi connectivity index (χ0) is 13.8. The van der Waals surface area contributed by atoms with Crippen LogP contribution in [0, 0.1) is 22.7 Å². The highest BCUT2D eigenvalue weighted by Crippen LogP contribution is 2.28. The summed E-state index contributed by atoms with van der Waals surface area (Å²) in [5, 5.41) is 20.2. The van der Waals surface area contributed by atoms with Gasteiger partial charge in [0.2, 0.25) is 0 Å². The number of nitriles is 2.